The number of aryl methyl sites for hydroxylation is 2. The third-order valence-corrected chi connectivity index (χ3v) is 5.06. The Morgan fingerprint density at radius 1 is 0.897 bits per heavy atom. The lowest BCUT2D eigenvalue weighted by Crippen LogP contribution is -2.32. The Labute approximate surface area is 169 Å². The van der Waals surface area contributed by atoms with Crippen molar-refractivity contribution in [3.63, 3.8) is 0 Å². The Morgan fingerprint density at radius 3 is 2.48 bits per heavy atom. The van der Waals surface area contributed by atoms with E-state index in [9.17, 15) is 9.59 Å². The molecule has 1 aromatic heterocycles. The van der Waals surface area contributed by atoms with Crippen LogP contribution in [0.1, 0.15) is 22.8 Å². The highest BCUT2D eigenvalue weighted by molar-refractivity contribution is 6.10. The molecule has 0 bridgehead atoms. The molecule has 3 aromatic carbocycles. The van der Waals surface area contributed by atoms with Crippen LogP contribution in [0.2, 0.25) is 0 Å². The second-order valence-electron chi connectivity index (χ2n) is 7.09. The van der Waals surface area contributed by atoms with E-state index < -0.39 is 0 Å². The molecule has 0 unspecified atom stereocenters. The van der Waals surface area contributed by atoms with Crippen molar-refractivity contribution < 1.29 is 9.59 Å². The lowest BCUT2D eigenvalue weighted by atomic mass is 10.1. The van der Waals surface area contributed by atoms with Crippen LogP contribution >= 0.6 is 0 Å². The van der Waals surface area contributed by atoms with Crippen molar-refractivity contribution >= 4 is 39.3 Å². The topological polar surface area (TPSA) is 63.1 Å². The smallest absolute Gasteiger partial charge is 0.251 e. The third-order valence-electron chi connectivity index (χ3n) is 5.06. The van der Waals surface area contributed by atoms with E-state index in [0.29, 0.717) is 11.3 Å². The maximum Gasteiger partial charge on any atom is 0.251 e. The van der Waals surface area contributed by atoms with Crippen LogP contribution < -0.4 is 10.6 Å². The van der Waals surface area contributed by atoms with Crippen LogP contribution in [-0.4, -0.2) is 22.9 Å². The minimum absolute atomic E-state index is 0.0818. The van der Waals surface area contributed by atoms with E-state index in [1.807, 2.05) is 49.4 Å². The number of nitrogens with one attached hydrogen (secondary N) is 2. The molecule has 0 radical (unpaired) electrons. The number of carbonyl (C=O) groups excluding carboxylic acids is 2. The van der Waals surface area contributed by atoms with Crippen molar-refractivity contribution in [2.75, 3.05) is 11.9 Å². The molecule has 146 valence electrons. The van der Waals surface area contributed by atoms with Gasteiger partial charge >= 0.3 is 0 Å². The fraction of sp³-hybridized carbons (Fsp3) is 0.167. The molecular weight excluding hydrogens is 362 g/mol. The van der Waals surface area contributed by atoms with Crippen molar-refractivity contribution in [1.29, 1.82) is 0 Å². The summed E-state index contributed by atoms with van der Waals surface area (Å²) in [6, 6.07) is 21.5. The number of amides is 2. The fourth-order valence-corrected chi connectivity index (χ4v) is 3.73. The highest BCUT2D eigenvalue weighted by Gasteiger charge is 2.12. The zero-order chi connectivity index (χ0) is 20.4. The van der Waals surface area contributed by atoms with Gasteiger partial charge in [0.05, 0.1) is 6.54 Å². The number of nitrogens with zero attached hydrogens (tertiary/aromatic N) is 1. The first kappa shape index (κ1) is 18.7. The van der Waals surface area contributed by atoms with Gasteiger partial charge < -0.3 is 15.2 Å². The first-order valence-corrected chi connectivity index (χ1v) is 9.72. The van der Waals surface area contributed by atoms with E-state index in [2.05, 4.69) is 34.3 Å². The molecule has 5 nitrogen and oxygen atoms in total. The number of aromatic nitrogens is 1. The predicted octanol–water partition coefficient (Wildman–Crippen LogP) is 4.49. The van der Waals surface area contributed by atoms with Gasteiger partial charge in [0.2, 0.25) is 5.91 Å². The fourth-order valence-electron chi connectivity index (χ4n) is 3.73. The first-order chi connectivity index (χ1) is 14.1. The lowest BCUT2D eigenvalue weighted by molar-refractivity contribution is -0.115. The van der Waals surface area contributed by atoms with Gasteiger partial charge in [-0.2, -0.15) is 0 Å². The van der Waals surface area contributed by atoms with Crippen LogP contribution in [0.3, 0.4) is 0 Å². The number of carbonyl (C=O) groups is 2. The van der Waals surface area contributed by atoms with E-state index in [0.717, 1.165) is 28.4 Å². The number of para-hydroxylation sites is 1. The second kappa shape index (κ2) is 7.80. The first-order valence-electron chi connectivity index (χ1n) is 9.72. The highest BCUT2D eigenvalue weighted by atomic mass is 16.2. The Bertz CT molecular complexity index is 1220. The monoisotopic (exact) mass is 385 g/mol. The molecule has 0 spiro atoms. The number of anilines is 1. The van der Waals surface area contributed by atoms with Crippen LogP contribution in [0, 0.1) is 6.92 Å². The normalized spacial score (nSPS) is 11.0. The molecule has 4 aromatic rings. The summed E-state index contributed by atoms with van der Waals surface area (Å²) in [6.07, 6.45) is 0. The van der Waals surface area contributed by atoms with Gasteiger partial charge in [0, 0.05) is 39.6 Å². The number of benzene rings is 3. The van der Waals surface area contributed by atoms with Gasteiger partial charge in [-0.3, -0.25) is 9.59 Å². The van der Waals surface area contributed by atoms with Crippen molar-refractivity contribution in [2.45, 2.75) is 20.4 Å². The van der Waals surface area contributed by atoms with Crippen LogP contribution in [0.15, 0.2) is 66.7 Å². The molecule has 0 saturated heterocycles. The van der Waals surface area contributed by atoms with Crippen molar-refractivity contribution in [2.24, 2.45) is 0 Å². The average molecular weight is 385 g/mol. The molecule has 4 rings (SSSR count). The number of rotatable bonds is 5. The minimum atomic E-state index is -0.260. The Hall–Kier alpha value is -3.60. The molecule has 0 saturated carbocycles. The van der Waals surface area contributed by atoms with Gasteiger partial charge in [-0.15, -0.1) is 0 Å². The molecule has 0 fully saturated rings. The summed E-state index contributed by atoms with van der Waals surface area (Å²) in [6.45, 7) is 4.84. The van der Waals surface area contributed by atoms with E-state index in [1.165, 1.54) is 5.52 Å². The van der Waals surface area contributed by atoms with Gasteiger partial charge in [0.15, 0.2) is 0 Å². The van der Waals surface area contributed by atoms with Crippen LogP contribution in [0.25, 0.3) is 21.8 Å². The summed E-state index contributed by atoms with van der Waals surface area (Å²) in [7, 11) is 0. The molecule has 29 heavy (non-hydrogen) atoms. The Kier molecular flexibility index (Phi) is 5.04. The summed E-state index contributed by atoms with van der Waals surface area (Å²) in [5, 5.41) is 7.81. The standard InChI is InChI=1S/C24H23N3O2/c1-3-27-21-10-5-4-9-19(21)20-14-18(11-12-22(20)27)26-23(28)15-25-24(29)17-8-6-7-16(2)13-17/h4-14H,3,15H2,1-2H3,(H,25,29)(H,26,28). The molecular formula is C24H23N3O2. The second-order valence-corrected chi connectivity index (χ2v) is 7.09. The summed E-state index contributed by atoms with van der Waals surface area (Å²) >= 11 is 0. The molecule has 0 aliphatic heterocycles. The van der Waals surface area contributed by atoms with Gasteiger partial charge in [0.1, 0.15) is 0 Å². The summed E-state index contributed by atoms with van der Waals surface area (Å²) < 4.78 is 2.26. The molecule has 2 N–H and O–H groups in total. The average Bonchev–Trinajstić information content (AvgIpc) is 3.05. The van der Waals surface area contributed by atoms with Crippen LogP contribution in [0.5, 0.6) is 0 Å². The molecule has 0 atom stereocenters. The quantitative estimate of drug-likeness (QED) is 0.532. The maximum absolute atomic E-state index is 12.3. The predicted molar refractivity (Wildman–Crippen MR) is 117 cm³/mol. The molecule has 0 aliphatic rings. The Morgan fingerprint density at radius 2 is 1.69 bits per heavy atom. The number of fused-ring (bicyclic) bond motifs is 3. The van der Waals surface area contributed by atoms with E-state index in [4.69, 9.17) is 0 Å². The Balaban J connectivity index is 1.50. The van der Waals surface area contributed by atoms with Crippen LogP contribution in [0.4, 0.5) is 5.69 Å². The van der Waals surface area contributed by atoms with Gasteiger partial charge in [0.25, 0.3) is 5.91 Å². The van der Waals surface area contributed by atoms with Crippen molar-refractivity contribution in [3.05, 3.63) is 77.9 Å². The van der Waals surface area contributed by atoms with Crippen LogP contribution in [-0.2, 0) is 11.3 Å². The third kappa shape index (κ3) is 3.72. The number of hydrogen-bond acceptors (Lipinski definition) is 2. The highest BCUT2D eigenvalue weighted by Crippen LogP contribution is 2.30. The van der Waals surface area contributed by atoms with Gasteiger partial charge in [-0.25, -0.2) is 0 Å². The largest absolute Gasteiger partial charge is 0.343 e. The molecule has 2 amide bonds. The van der Waals surface area contributed by atoms with E-state index >= 15 is 0 Å². The summed E-state index contributed by atoms with van der Waals surface area (Å²) in [5.74, 6) is -0.519. The van der Waals surface area contributed by atoms with Gasteiger partial charge in [-0.1, -0.05) is 35.9 Å². The minimum Gasteiger partial charge on any atom is -0.343 e. The van der Waals surface area contributed by atoms with E-state index in [1.54, 1.807) is 12.1 Å². The van der Waals surface area contributed by atoms with Gasteiger partial charge in [-0.05, 0) is 50.2 Å². The van der Waals surface area contributed by atoms with Crippen molar-refractivity contribution in [3.8, 4) is 0 Å². The summed E-state index contributed by atoms with van der Waals surface area (Å²) in [4.78, 5) is 24.6. The lowest BCUT2D eigenvalue weighted by Gasteiger charge is -2.08. The molecule has 5 heteroatoms. The molecule has 1 heterocycles. The zero-order valence-corrected chi connectivity index (χ0v) is 16.5. The summed E-state index contributed by atoms with van der Waals surface area (Å²) in [5.41, 5.74) is 4.58. The van der Waals surface area contributed by atoms with E-state index in [-0.39, 0.29) is 18.4 Å². The SMILES string of the molecule is CCn1c2ccccc2c2cc(NC(=O)CNC(=O)c3cccc(C)c3)ccc21. The molecule has 0 aliphatic carbocycles. The zero-order valence-electron chi connectivity index (χ0n) is 16.5. The maximum atomic E-state index is 12.3. The van der Waals surface area contributed by atoms with Crippen molar-refractivity contribution in [1.82, 2.24) is 9.88 Å². The number of hydrogen-bond donors (Lipinski definition) is 2.